The zero-order valence-corrected chi connectivity index (χ0v) is 15.4. The minimum absolute atomic E-state index is 0.0654. The molecule has 0 aliphatic rings. The van der Waals surface area contributed by atoms with Gasteiger partial charge in [-0.25, -0.2) is 8.78 Å². The van der Waals surface area contributed by atoms with Gasteiger partial charge in [0.1, 0.15) is 0 Å². The molecule has 6 heteroatoms. The minimum atomic E-state index is -0.836. The van der Waals surface area contributed by atoms with Crippen molar-refractivity contribution in [1.29, 1.82) is 0 Å². The van der Waals surface area contributed by atoms with E-state index in [9.17, 15) is 8.78 Å². The maximum absolute atomic E-state index is 13.8. The average Bonchev–Trinajstić information content (AvgIpc) is 2.87. The number of benzene rings is 1. The van der Waals surface area contributed by atoms with Crippen molar-refractivity contribution in [2.24, 2.45) is 0 Å². The van der Waals surface area contributed by atoms with Crippen molar-refractivity contribution < 1.29 is 8.78 Å². The van der Waals surface area contributed by atoms with Crippen LogP contribution in [0.25, 0.3) is 0 Å². The van der Waals surface area contributed by atoms with E-state index in [0.717, 1.165) is 29.4 Å². The quantitative estimate of drug-likeness (QED) is 0.559. The monoisotopic (exact) mass is 437 g/mol. The molecule has 0 bridgehead atoms. The van der Waals surface area contributed by atoms with Crippen LogP contribution >= 0.6 is 43.2 Å². The lowest BCUT2D eigenvalue weighted by atomic mass is 10.0. The topological polar surface area (TPSA) is 12.0 Å². The number of rotatable bonds is 6. The molecule has 0 saturated carbocycles. The van der Waals surface area contributed by atoms with Crippen LogP contribution in [0, 0.1) is 11.6 Å². The van der Waals surface area contributed by atoms with Crippen molar-refractivity contribution in [2.75, 3.05) is 6.54 Å². The molecule has 1 heterocycles. The van der Waals surface area contributed by atoms with Crippen molar-refractivity contribution in [2.45, 2.75) is 25.8 Å². The first-order valence-electron chi connectivity index (χ1n) is 6.63. The van der Waals surface area contributed by atoms with E-state index >= 15 is 0 Å². The third kappa shape index (κ3) is 4.12. The Bertz CT molecular complexity index is 616. The molecule has 1 aromatic carbocycles. The van der Waals surface area contributed by atoms with E-state index in [1.807, 2.05) is 11.4 Å². The molecule has 1 atom stereocenters. The van der Waals surface area contributed by atoms with Gasteiger partial charge < -0.3 is 5.32 Å². The summed E-state index contributed by atoms with van der Waals surface area (Å²) in [7, 11) is 0. The van der Waals surface area contributed by atoms with Crippen molar-refractivity contribution in [3.63, 3.8) is 0 Å². The number of hydrogen-bond donors (Lipinski definition) is 1. The van der Waals surface area contributed by atoms with Crippen LogP contribution in [-0.2, 0) is 6.42 Å². The molecule has 0 amide bonds. The fourth-order valence-electron chi connectivity index (χ4n) is 2.08. The number of hydrogen-bond acceptors (Lipinski definition) is 2. The second kappa shape index (κ2) is 7.81. The fourth-order valence-corrected chi connectivity index (χ4v) is 4.24. The Balaban J connectivity index is 2.32. The van der Waals surface area contributed by atoms with E-state index in [-0.39, 0.29) is 10.5 Å². The molecule has 1 nitrogen and oxygen atoms in total. The van der Waals surface area contributed by atoms with Gasteiger partial charge in [-0.1, -0.05) is 13.0 Å². The molecule has 114 valence electrons. The molecule has 0 saturated heterocycles. The Kier molecular flexibility index (Phi) is 6.34. The maximum Gasteiger partial charge on any atom is 0.173 e. The van der Waals surface area contributed by atoms with Gasteiger partial charge in [0.2, 0.25) is 0 Å². The molecular weight excluding hydrogens is 424 g/mol. The van der Waals surface area contributed by atoms with Crippen LogP contribution in [0.4, 0.5) is 8.78 Å². The molecule has 0 radical (unpaired) electrons. The lowest BCUT2D eigenvalue weighted by Gasteiger charge is -2.20. The zero-order chi connectivity index (χ0) is 15.4. The van der Waals surface area contributed by atoms with Crippen LogP contribution in [0.2, 0.25) is 0 Å². The van der Waals surface area contributed by atoms with Crippen LogP contribution in [0.3, 0.4) is 0 Å². The molecule has 1 unspecified atom stereocenters. The molecule has 0 fully saturated rings. The second-order valence-electron chi connectivity index (χ2n) is 4.67. The normalized spacial score (nSPS) is 12.6. The Morgan fingerprint density at radius 2 is 2.00 bits per heavy atom. The van der Waals surface area contributed by atoms with Gasteiger partial charge >= 0.3 is 0 Å². The summed E-state index contributed by atoms with van der Waals surface area (Å²) in [5.41, 5.74) is 0.739. The number of thiophene rings is 1. The molecule has 1 aromatic heterocycles. The van der Waals surface area contributed by atoms with Gasteiger partial charge in [0.15, 0.2) is 11.6 Å². The van der Waals surface area contributed by atoms with E-state index in [1.165, 1.54) is 10.9 Å². The van der Waals surface area contributed by atoms with Gasteiger partial charge in [-0.05, 0) is 67.9 Å². The third-order valence-corrected chi connectivity index (χ3v) is 5.92. The molecule has 0 aliphatic heterocycles. The van der Waals surface area contributed by atoms with Gasteiger partial charge in [0.25, 0.3) is 0 Å². The maximum atomic E-state index is 13.8. The smallest absolute Gasteiger partial charge is 0.173 e. The first kappa shape index (κ1) is 17.1. The van der Waals surface area contributed by atoms with Crippen LogP contribution in [0.1, 0.15) is 29.8 Å². The Morgan fingerprint density at radius 1 is 1.24 bits per heavy atom. The highest BCUT2D eigenvalue weighted by atomic mass is 79.9. The van der Waals surface area contributed by atoms with Crippen molar-refractivity contribution in [3.8, 4) is 0 Å². The van der Waals surface area contributed by atoms with Gasteiger partial charge in [-0.2, -0.15) is 0 Å². The standard InChI is InChI=1S/C15H15Br2F2NS/c1-2-6-20-12(8-13-10(16)5-7-21-13)9-3-4-11(18)15(19)14(9)17/h3-5,7,12,20H,2,6,8H2,1H3. The predicted octanol–water partition coefficient (Wildman–Crippen LogP) is 5.83. The number of halogens is 4. The SMILES string of the molecule is CCCNC(Cc1sccc1Br)c1ccc(F)c(F)c1Br. The van der Waals surface area contributed by atoms with Crippen LogP contribution in [-0.4, -0.2) is 6.54 Å². The van der Waals surface area contributed by atoms with Gasteiger partial charge in [0, 0.05) is 21.8 Å². The molecule has 1 N–H and O–H groups in total. The molecular formula is C15H15Br2F2NS. The lowest BCUT2D eigenvalue weighted by molar-refractivity contribution is 0.488. The van der Waals surface area contributed by atoms with E-state index in [4.69, 9.17) is 0 Å². The number of nitrogens with one attached hydrogen (secondary N) is 1. The Labute approximate surface area is 144 Å². The Morgan fingerprint density at radius 3 is 2.62 bits per heavy atom. The molecule has 2 rings (SSSR count). The molecule has 0 aliphatic carbocycles. The molecule has 21 heavy (non-hydrogen) atoms. The summed E-state index contributed by atoms with van der Waals surface area (Å²) in [4.78, 5) is 1.18. The summed E-state index contributed by atoms with van der Waals surface area (Å²) in [6.07, 6.45) is 1.70. The van der Waals surface area contributed by atoms with E-state index < -0.39 is 11.6 Å². The predicted molar refractivity (Wildman–Crippen MR) is 90.8 cm³/mol. The van der Waals surface area contributed by atoms with Crippen LogP contribution < -0.4 is 5.32 Å². The minimum Gasteiger partial charge on any atom is -0.310 e. The van der Waals surface area contributed by atoms with Crippen molar-refractivity contribution >= 4 is 43.2 Å². The highest BCUT2D eigenvalue weighted by Crippen LogP contribution is 2.33. The van der Waals surface area contributed by atoms with E-state index in [0.29, 0.717) is 0 Å². The largest absolute Gasteiger partial charge is 0.310 e. The summed E-state index contributed by atoms with van der Waals surface area (Å²) >= 11 is 8.35. The van der Waals surface area contributed by atoms with E-state index in [1.54, 1.807) is 17.4 Å². The zero-order valence-electron chi connectivity index (χ0n) is 11.4. The highest BCUT2D eigenvalue weighted by Gasteiger charge is 2.20. The summed E-state index contributed by atoms with van der Waals surface area (Å²) in [5.74, 6) is -1.67. The van der Waals surface area contributed by atoms with Crippen molar-refractivity contribution in [3.05, 3.63) is 54.6 Å². The highest BCUT2D eigenvalue weighted by molar-refractivity contribution is 9.10. The van der Waals surface area contributed by atoms with Gasteiger partial charge in [0.05, 0.1) is 4.47 Å². The third-order valence-electron chi connectivity index (χ3n) is 3.16. The van der Waals surface area contributed by atoms with Crippen LogP contribution in [0.15, 0.2) is 32.5 Å². The first-order chi connectivity index (χ1) is 10.0. The van der Waals surface area contributed by atoms with Gasteiger partial charge in [-0.15, -0.1) is 11.3 Å². The molecule has 0 spiro atoms. The summed E-state index contributed by atoms with van der Waals surface area (Å²) < 4.78 is 28.3. The summed E-state index contributed by atoms with van der Waals surface area (Å²) in [6.45, 7) is 2.89. The summed E-state index contributed by atoms with van der Waals surface area (Å²) in [5, 5.41) is 5.42. The van der Waals surface area contributed by atoms with Crippen molar-refractivity contribution in [1.82, 2.24) is 5.32 Å². The Hall–Kier alpha value is -0.300. The molecule has 2 aromatic rings. The lowest BCUT2D eigenvalue weighted by Crippen LogP contribution is -2.24. The summed E-state index contributed by atoms with van der Waals surface area (Å²) in [6, 6.07) is 4.75. The average molecular weight is 439 g/mol. The second-order valence-corrected chi connectivity index (χ2v) is 7.32. The van der Waals surface area contributed by atoms with E-state index in [2.05, 4.69) is 44.1 Å². The fraction of sp³-hybridized carbons (Fsp3) is 0.333. The first-order valence-corrected chi connectivity index (χ1v) is 9.09. The van der Waals surface area contributed by atoms with Gasteiger partial charge in [-0.3, -0.25) is 0 Å². The van der Waals surface area contributed by atoms with Crippen LogP contribution in [0.5, 0.6) is 0 Å².